The molecule has 0 amide bonds. The van der Waals surface area contributed by atoms with Crippen molar-refractivity contribution in [3.8, 4) is 0 Å². The van der Waals surface area contributed by atoms with Crippen molar-refractivity contribution in [1.29, 1.82) is 0 Å². The summed E-state index contributed by atoms with van der Waals surface area (Å²) in [5, 5.41) is 0. The predicted molar refractivity (Wildman–Crippen MR) is 41.2 cm³/mol. The molecule has 0 bridgehead atoms. The molecule has 0 heterocycles. The molecule has 1 rings (SSSR count). The molecule has 1 fully saturated rings. The van der Waals surface area contributed by atoms with Gasteiger partial charge in [-0.05, 0) is 31.1 Å². The highest BCUT2D eigenvalue weighted by atomic mass is 14.2. The molecule has 9 heavy (non-hydrogen) atoms. The molecule has 1 aliphatic carbocycles. The number of hydrogen-bond acceptors (Lipinski definition) is 0. The number of rotatable bonds is 2. The van der Waals surface area contributed by atoms with Gasteiger partial charge in [0.2, 0.25) is 0 Å². The molecule has 0 heteroatoms. The van der Waals surface area contributed by atoms with Gasteiger partial charge in [0.1, 0.15) is 0 Å². The van der Waals surface area contributed by atoms with Crippen LogP contribution in [0.3, 0.4) is 0 Å². The summed E-state index contributed by atoms with van der Waals surface area (Å²) in [6.07, 6.45) is 8.07. The minimum Gasteiger partial charge on any atom is -0.103 e. The first-order valence-corrected chi connectivity index (χ1v) is 3.62. The molecule has 0 spiro atoms. The van der Waals surface area contributed by atoms with Gasteiger partial charge in [-0.2, -0.15) is 0 Å². The van der Waals surface area contributed by atoms with Gasteiger partial charge in [0.25, 0.3) is 0 Å². The Labute approximate surface area is 57.3 Å². The second kappa shape index (κ2) is 2.86. The molecule has 0 aliphatic heterocycles. The van der Waals surface area contributed by atoms with Crippen LogP contribution in [0.4, 0.5) is 0 Å². The van der Waals surface area contributed by atoms with E-state index in [0.717, 1.165) is 11.8 Å². The highest BCUT2D eigenvalue weighted by Gasteiger charge is 2.18. The van der Waals surface area contributed by atoms with E-state index in [1.807, 2.05) is 0 Å². The average molecular weight is 122 g/mol. The molecule has 0 nitrogen and oxygen atoms in total. The number of hydrogen-bond donors (Lipinski definition) is 0. The maximum atomic E-state index is 3.78. The summed E-state index contributed by atoms with van der Waals surface area (Å²) in [6.45, 7) is 7.55. The van der Waals surface area contributed by atoms with E-state index in [2.05, 4.69) is 25.3 Å². The fraction of sp³-hybridized carbons (Fsp3) is 0.556. The zero-order chi connectivity index (χ0) is 6.69. The van der Waals surface area contributed by atoms with Crippen molar-refractivity contribution in [1.82, 2.24) is 0 Å². The SMILES string of the molecule is C=C[C@@H]1CC[C@@H](C=C)C1. The fourth-order valence-corrected chi connectivity index (χ4v) is 1.48. The molecule has 1 saturated carbocycles. The molecule has 1 aliphatic rings. The first-order chi connectivity index (χ1) is 4.36. The van der Waals surface area contributed by atoms with Crippen LogP contribution < -0.4 is 0 Å². The molecule has 0 unspecified atom stereocenters. The van der Waals surface area contributed by atoms with Crippen molar-refractivity contribution in [2.45, 2.75) is 19.3 Å². The zero-order valence-corrected chi connectivity index (χ0v) is 5.84. The van der Waals surface area contributed by atoms with Gasteiger partial charge >= 0.3 is 0 Å². The number of allylic oxidation sites excluding steroid dienone is 2. The summed E-state index contributed by atoms with van der Waals surface area (Å²) in [5.74, 6) is 1.54. The van der Waals surface area contributed by atoms with Crippen LogP contribution in [0.2, 0.25) is 0 Å². The van der Waals surface area contributed by atoms with E-state index in [1.54, 1.807) is 0 Å². The van der Waals surface area contributed by atoms with Gasteiger partial charge in [-0.1, -0.05) is 12.2 Å². The van der Waals surface area contributed by atoms with E-state index in [9.17, 15) is 0 Å². The summed E-state index contributed by atoms with van der Waals surface area (Å²) in [5.41, 5.74) is 0. The second-order valence-corrected chi connectivity index (χ2v) is 2.80. The minimum atomic E-state index is 0.771. The summed E-state index contributed by atoms with van der Waals surface area (Å²) < 4.78 is 0. The lowest BCUT2D eigenvalue weighted by molar-refractivity contribution is 0.641. The molecular weight excluding hydrogens is 108 g/mol. The van der Waals surface area contributed by atoms with E-state index in [4.69, 9.17) is 0 Å². The van der Waals surface area contributed by atoms with Crippen molar-refractivity contribution in [3.05, 3.63) is 25.3 Å². The quantitative estimate of drug-likeness (QED) is 0.494. The maximum Gasteiger partial charge on any atom is -0.0230 e. The Hall–Kier alpha value is -0.520. The molecule has 0 N–H and O–H groups in total. The van der Waals surface area contributed by atoms with E-state index in [-0.39, 0.29) is 0 Å². The molecular formula is C9H14. The van der Waals surface area contributed by atoms with E-state index < -0.39 is 0 Å². The zero-order valence-electron chi connectivity index (χ0n) is 5.84. The van der Waals surface area contributed by atoms with Gasteiger partial charge in [0, 0.05) is 0 Å². The van der Waals surface area contributed by atoms with Crippen LogP contribution in [0.25, 0.3) is 0 Å². The van der Waals surface area contributed by atoms with Crippen LogP contribution in [0.1, 0.15) is 19.3 Å². The van der Waals surface area contributed by atoms with E-state index in [0.29, 0.717) is 0 Å². The van der Waals surface area contributed by atoms with E-state index in [1.165, 1.54) is 19.3 Å². The van der Waals surface area contributed by atoms with Gasteiger partial charge < -0.3 is 0 Å². The Morgan fingerprint density at radius 3 is 1.67 bits per heavy atom. The van der Waals surface area contributed by atoms with Crippen molar-refractivity contribution in [2.75, 3.05) is 0 Å². The predicted octanol–water partition coefficient (Wildman–Crippen LogP) is 2.77. The molecule has 0 aromatic carbocycles. The molecule has 0 aromatic rings. The van der Waals surface area contributed by atoms with Crippen LogP contribution in [0.5, 0.6) is 0 Å². The van der Waals surface area contributed by atoms with Crippen LogP contribution in [0, 0.1) is 11.8 Å². The first-order valence-electron chi connectivity index (χ1n) is 3.62. The minimum absolute atomic E-state index is 0.771. The van der Waals surface area contributed by atoms with Gasteiger partial charge in [-0.3, -0.25) is 0 Å². The summed E-state index contributed by atoms with van der Waals surface area (Å²) in [6, 6.07) is 0. The Kier molecular flexibility index (Phi) is 2.10. The summed E-state index contributed by atoms with van der Waals surface area (Å²) in [7, 11) is 0. The van der Waals surface area contributed by atoms with Gasteiger partial charge in [0.15, 0.2) is 0 Å². The highest BCUT2D eigenvalue weighted by molar-refractivity contribution is 4.92. The Morgan fingerprint density at radius 2 is 1.44 bits per heavy atom. The third-order valence-corrected chi connectivity index (χ3v) is 2.18. The van der Waals surface area contributed by atoms with Crippen LogP contribution in [0.15, 0.2) is 25.3 Å². The van der Waals surface area contributed by atoms with Gasteiger partial charge in [0.05, 0.1) is 0 Å². The van der Waals surface area contributed by atoms with Crippen molar-refractivity contribution in [3.63, 3.8) is 0 Å². The fourth-order valence-electron chi connectivity index (χ4n) is 1.48. The van der Waals surface area contributed by atoms with Crippen molar-refractivity contribution in [2.24, 2.45) is 11.8 Å². The maximum absolute atomic E-state index is 3.78. The molecule has 0 saturated heterocycles. The van der Waals surface area contributed by atoms with Gasteiger partial charge in [-0.15, -0.1) is 13.2 Å². The second-order valence-electron chi connectivity index (χ2n) is 2.80. The topological polar surface area (TPSA) is 0 Å². The average Bonchev–Trinajstić information content (AvgIpc) is 2.34. The molecule has 2 atom stereocenters. The Morgan fingerprint density at radius 1 is 1.00 bits per heavy atom. The highest BCUT2D eigenvalue weighted by Crippen LogP contribution is 2.31. The van der Waals surface area contributed by atoms with Crippen LogP contribution in [-0.2, 0) is 0 Å². The summed E-state index contributed by atoms with van der Waals surface area (Å²) >= 11 is 0. The molecule has 0 aromatic heterocycles. The third kappa shape index (κ3) is 1.44. The van der Waals surface area contributed by atoms with Crippen LogP contribution in [-0.4, -0.2) is 0 Å². The lowest BCUT2D eigenvalue weighted by Gasteiger charge is -1.99. The van der Waals surface area contributed by atoms with Crippen molar-refractivity contribution < 1.29 is 0 Å². The Bertz CT molecular complexity index is 99.2. The monoisotopic (exact) mass is 122 g/mol. The van der Waals surface area contributed by atoms with E-state index >= 15 is 0 Å². The standard InChI is InChI=1S/C9H14/c1-3-8-5-6-9(4-2)7-8/h3-4,8-9H,1-2,5-7H2/t8-,9-/m1/s1. The largest absolute Gasteiger partial charge is 0.103 e. The van der Waals surface area contributed by atoms with Crippen LogP contribution >= 0.6 is 0 Å². The molecule has 50 valence electrons. The first kappa shape index (κ1) is 6.60. The third-order valence-electron chi connectivity index (χ3n) is 2.18. The molecule has 0 radical (unpaired) electrons. The smallest absolute Gasteiger partial charge is 0.0230 e. The normalized spacial score (nSPS) is 34.2. The lowest BCUT2D eigenvalue weighted by atomic mass is 10.1. The Balaban J connectivity index is 2.36. The summed E-state index contributed by atoms with van der Waals surface area (Å²) in [4.78, 5) is 0. The van der Waals surface area contributed by atoms with Crippen molar-refractivity contribution >= 4 is 0 Å². The lowest BCUT2D eigenvalue weighted by Crippen LogP contribution is -1.88. The van der Waals surface area contributed by atoms with Gasteiger partial charge in [-0.25, -0.2) is 0 Å².